The summed E-state index contributed by atoms with van der Waals surface area (Å²) < 4.78 is 0. The van der Waals surface area contributed by atoms with Gasteiger partial charge in [-0.2, -0.15) is 0 Å². The molecule has 1 aliphatic heterocycles. The van der Waals surface area contributed by atoms with Crippen LogP contribution >= 0.6 is 0 Å². The van der Waals surface area contributed by atoms with Gasteiger partial charge >= 0.3 is 0 Å². The third-order valence-electron chi connectivity index (χ3n) is 6.67. The fraction of sp³-hybridized carbons (Fsp3) is 0.286. The topological polar surface area (TPSA) is 108 Å². The summed E-state index contributed by atoms with van der Waals surface area (Å²) in [6.07, 6.45) is 2.39. The number of nitrogens with zero attached hydrogens (tertiary/aromatic N) is 1. The summed E-state index contributed by atoms with van der Waals surface area (Å²) in [5.41, 5.74) is 12.2. The number of carbonyl (C=O) groups is 2. The first kappa shape index (κ1) is 24.6. The lowest BCUT2D eigenvalue weighted by atomic mass is 9.89. The minimum Gasteiger partial charge on any atom is -0.339 e. The maximum atomic E-state index is 12.4. The number of rotatable bonds is 8. The molecule has 0 aliphatic carbocycles. The minimum absolute atomic E-state index is 0.117. The highest BCUT2D eigenvalue weighted by Gasteiger charge is 2.21. The number of amides is 2. The molecule has 35 heavy (non-hydrogen) atoms. The second-order valence-electron chi connectivity index (χ2n) is 8.97. The van der Waals surface area contributed by atoms with Crippen LogP contribution in [0.4, 0.5) is 0 Å². The molecule has 4 rings (SSSR count). The van der Waals surface area contributed by atoms with Crippen molar-refractivity contribution in [1.29, 1.82) is 0 Å². The molecule has 2 amide bonds. The van der Waals surface area contributed by atoms with E-state index in [0.717, 1.165) is 30.8 Å². The Morgan fingerprint density at radius 2 is 1.51 bits per heavy atom. The molecule has 0 saturated carbocycles. The molecule has 1 saturated heterocycles. The first-order valence-corrected chi connectivity index (χ1v) is 12.0. The molecule has 1 heterocycles. The predicted octanol–water partition coefficient (Wildman–Crippen LogP) is 3.30. The van der Waals surface area contributed by atoms with Gasteiger partial charge in [0.05, 0.1) is 0 Å². The van der Waals surface area contributed by atoms with Gasteiger partial charge in [0.15, 0.2) is 0 Å². The van der Waals surface area contributed by atoms with Crippen LogP contribution in [0, 0.1) is 0 Å². The number of hydrogen-bond donors (Lipinski definition) is 4. The van der Waals surface area contributed by atoms with E-state index in [1.165, 1.54) is 29.4 Å². The predicted molar refractivity (Wildman–Crippen MR) is 136 cm³/mol. The van der Waals surface area contributed by atoms with Crippen molar-refractivity contribution in [2.24, 2.45) is 5.73 Å². The fourth-order valence-corrected chi connectivity index (χ4v) is 4.58. The van der Waals surface area contributed by atoms with Crippen molar-refractivity contribution in [3.63, 3.8) is 0 Å². The van der Waals surface area contributed by atoms with Crippen molar-refractivity contribution in [3.05, 3.63) is 95.6 Å². The molecule has 0 bridgehead atoms. The summed E-state index contributed by atoms with van der Waals surface area (Å²) >= 11 is 0. The van der Waals surface area contributed by atoms with Gasteiger partial charge in [-0.1, -0.05) is 66.7 Å². The Bertz CT molecular complexity index is 1110. The molecule has 0 unspecified atom stereocenters. The van der Waals surface area contributed by atoms with Crippen LogP contribution in [0.2, 0.25) is 0 Å². The number of nitrogens with two attached hydrogens (primary N) is 1. The summed E-state index contributed by atoms with van der Waals surface area (Å²) in [5.74, 6) is -0.520. The second kappa shape index (κ2) is 11.8. The standard InChI is InChI=1S/C28H32N4O3/c29-18-26(28(34)31-35)30-27(33)25-12-10-23(11-13-25)22-8-6-20(7-9-22)19-32-16-14-24(15-17-32)21-4-2-1-3-5-21/h1-13,24,26,35H,14-19,29H2,(H,30,33)(H,31,34)/t26-/m0/s1. The van der Waals surface area contributed by atoms with E-state index in [2.05, 4.69) is 64.8 Å². The molecular weight excluding hydrogens is 440 g/mol. The molecule has 5 N–H and O–H groups in total. The van der Waals surface area contributed by atoms with Crippen LogP contribution in [-0.2, 0) is 11.3 Å². The Labute approximate surface area is 205 Å². The second-order valence-corrected chi connectivity index (χ2v) is 8.97. The van der Waals surface area contributed by atoms with E-state index in [1.807, 2.05) is 12.1 Å². The Hall–Kier alpha value is -3.52. The third kappa shape index (κ3) is 6.33. The molecule has 0 aromatic heterocycles. The highest BCUT2D eigenvalue weighted by molar-refractivity contribution is 5.97. The number of carbonyl (C=O) groups excluding carboxylic acids is 2. The first-order chi connectivity index (χ1) is 17.1. The van der Waals surface area contributed by atoms with E-state index in [9.17, 15) is 9.59 Å². The van der Waals surface area contributed by atoms with Gasteiger partial charge in [0.2, 0.25) is 0 Å². The monoisotopic (exact) mass is 472 g/mol. The zero-order chi connectivity index (χ0) is 24.6. The smallest absolute Gasteiger partial charge is 0.267 e. The summed E-state index contributed by atoms with van der Waals surface area (Å²) in [4.78, 5) is 26.4. The quantitative estimate of drug-likeness (QED) is 0.297. The van der Waals surface area contributed by atoms with Gasteiger partial charge in [-0.25, -0.2) is 5.48 Å². The van der Waals surface area contributed by atoms with E-state index < -0.39 is 17.9 Å². The highest BCUT2D eigenvalue weighted by atomic mass is 16.5. The lowest BCUT2D eigenvalue weighted by Crippen LogP contribution is -2.50. The fourth-order valence-electron chi connectivity index (χ4n) is 4.58. The van der Waals surface area contributed by atoms with Gasteiger partial charge in [0.25, 0.3) is 11.8 Å². The van der Waals surface area contributed by atoms with Gasteiger partial charge in [-0.15, -0.1) is 0 Å². The molecule has 7 heteroatoms. The Morgan fingerprint density at radius 3 is 2.09 bits per heavy atom. The SMILES string of the molecule is NC[C@H](NC(=O)c1ccc(-c2ccc(CN3CCC(c4ccccc4)CC3)cc2)cc1)C(=O)NO. The summed E-state index contributed by atoms with van der Waals surface area (Å²) in [6, 6.07) is 25.5. The van der Waals surface area contributed by atoms with Gasteiger partial charge in [-0.05, 0) is 66.2 Å². The van der Waals surface area contributed by atoms with Crippen molar-refractivity contribution < 1.29 is 14.8 Å². The van der Waals surface area contributed by atoms with E-state index in [-0.39, 0.29) is 6.54 Å². The average molecular weight is 473 g/mol. The molecule has 0 radical (unpaired) electrons. The molecule has 1 aliphatic rings. The summed E-state index contributed by atoms with van der Waals surface area (Å²) in [7, 11) is 0. The normalized spacial score (nSPS) is 15.4. The average Bonchev–Trinajstić information content (AvgIpc) is 2.92. The Morgan fingerprint density at radius 1 is 0.914 bits per heavy atom. The number of nitrogens with one attached hydrogen (secondary N) is 2. The van der Waals surface area contributed by atoms with Gasteiger partial charge in [0.1, 0.15) is 6.04 Å². The van der Waals surface area contributed by atoms with E-state index >= 15 is 0 Å². The van der Waals surface area contributed by atoms with Crippen molar-refractivity contribution in [1.82, 2.24) is 15.7 Å². The van der Waals surface area contributed by atoms with Crippen LogP contribution < -0.4 is 16.5 Å². The summed E-state index contributed by atoms with van der Waals surface area (Å²) in [6.45, 7) is 3.05. The largest absolute Gasteiger partial charge is 0.339 e. The first-order valence-electron chi connectivity index (χ1n) is 12.0. The molecule has 1 fully saturated rings. The Kier molecular flexibility index (Phi) is 8.26. The third-order valence-corrected chi connectivity index (χ3v) is 6.67. The maximum Gasteiger partial charge on any atom is 0.267 e. The molecule has 0 spiro atoms. The maximum absolute atomic E-state index is 12.4. The van der Waals surface area contributed by atoms with E-state index in [0.29, 0.717) is 11.5 Å². The van der Waals surface area contributed by atoms with Crippen LogP contribution in [0.15, 0.2) is 78.9 Å². The molecular formula is C28H32N4O3. The molecule has 1 atom stereocenters. The number of benzene rings is 3. The molecule has 7 nitrogen and oxygen atoms in total. The van der Waals surface area contributed by atoms with Crippen LogP contribution in [-0.4, -0.2) is 47.6 Å². The van der Waals surface area contributed by atoms with Crippen LogP contribution in [0.25, 0.3) is 11.1 Å². The number of hydrogen-bond acceptors (Lipinski definition) is 5. The molecule has 182 valence electrons. The van der Waals surface area contributed by atoms with Crippen molar-refractivity contribution >= 4 is 11.8 Å². The van der Waals surface area contributed by atoms with Crippen LogP contribution in [0.1, 0.15) is 40.2 Å². The van der Waals surface area contributed by atoms with E-state index in [1.54, 1.807) is 12.1 Å². The van der Waals surface area contributed by atoms with Crippen LogP contribution in [0.5, 0.6) is 0 Å². The van der Waals surface area contributed by atoms with Crippen molar-refractivity contribution in [2.45, 2.75) is 31.3 Å². The molecule has 3 aromatic rings. The van der Waals surface area contributed by atoms with Gasteiger partial charge in [-0.3, -0.25) is 19.7 Å². The number of piperidine rings is 1. The summed E-state index contributed by atoms with van der Waals surface area (Å²) in [5, 5.41) is 11.2. The lowest BCUT2D eigenvalue weighted by molar-refractivity contribution is -0.130. The van der Waals surface area contributed by atoms with Crippen LogP contribution in [0.3, 0.4) is 0 Å². The van der Waals surface area contributed by atoms with Crippen molar-refractivity contribution in [3.8, 4) is 11.1 Å². The minimum atomic E-state index is -0.996. The van der Waals surface area contributed by atoms with E-state index in [4.69, 9.17) is 10.9 Å². The number of hydroxylamine groups is 1. The zero-order valence-electron chi connectivity index (χ0n) is 19.7. The molecule has 3 aromatic carbocycles. The van der Waals surface area contributed by atoms with Crippen molar-refractivity contribution in [2.75, 3.05) is 19.6 Å². The highest BCUT2D eigenvalue weighted by Crippen LogP contribution is 2.29. The zero-order valence-corrected chi connectivity index (χ0v) is 19.7. The van der Waals surface area contributed by atoms with Gasteiger partial charge < -0.3 is 11.1 Å². The van der Waals surface area contributed by atoms with Gasteiger partial charge in [0, 0.05) is 18.7 Å². The Balaban J connectivity index is 1.31. The number of likely N-dealkylation sites (tertiary alicyclic amines) is 1. The lowest BCUT2D eigenvalue weighted by Gasteiger charge is -2.32.